The average molecular weight is 463 g/mol. The van der Waals surface area contributed by atoms with Crippen LogP contribution in [0.4, 0.5) is 0 Å². The number of halogens is 1. The van der Waals surface area contributed by atoms with Crippen molar-refractivity contribution in [1.82, 2.24) is 9.88 Å². The maximum atomic E-state index is 11.9. The molecule has 0 saturated carbocycles. The zero-order chi connectivity index (χ0) is 20.7. The molecule has 7 heteroatoms. The first-order valence-electron chi connectivity index (χ1n) is 10.1. The number of H-pyrrole nitrogens is 1. The van der Waals surface area contributed by atoms with Crippen LogP contribution >= 0.6 is 15.9 Å². The summed E-state index contributed by atoms with van der Waals surface area (Å²) in [4.78, 5) is 18.1. The molecule has 0 spiro atoms. The van der Waals surface area contributed by atoms with E-state index in [-0.39, 0.29) is 12.0 Å². The highest BCUT2D eigenvalue weighted by atomic mass is 79.9. The second kappa shape index (κ2) is 8.03. The van der Waals surface area contributed by atoms with E-state index < -0.39 is 5.97 Å². The smallest absolute Gasteiger partial charge is 0.334 e. The molecule has 0 amide bonds. The van der Waals surface area contributed by atoms with Crippen molar-refractivity contribution in [2.75, 3.05) is 27.3 Å². The fourth-order valence-corrected chi connectivity index (χ4v) is 5.63. The Morgan fingerprint density at radius 1 is 1.41 bits per heavy atom. The fraction of sp³-hybridized carbons (Fsp3) is 0.500. The van der Waals surface area contributed by atoms with Gasteiger partial charge in [-0.1, -0.05) is 13.3 Å². The number of aliphatic carboxylic acids is 1. The van der Waals surface area contributed by atoms with Crippen LogP contribution in [0.1, 0.15) is 37.1 Å². The molecule has 29 heavy (non-hydrogen) atoms. The molecule has 0 radical (unpaired) electrons. The molecular formula is C22H27BrN2O4. The summed E-state index contributed by atoms with van der Waals surface area (Å²) in [5.74, 6) is 0.247. The molecule has 0 aliphatic carbocycles. The SMILES string of the molecule is CC[C@@H]1CN2CCc3c([nH]c4c(Br)ccc(OC)c34)C2C[C@@H]1C(=COC)C(=O)O. The predicted molar refractivity (Wildman–Crippen MR) is 115 cm³/mol. The first-order chi connectivity index (χ1) is 14.0. The highest BCUT2D eigenvalue weighted by Crippen LogP contribution is 2.47. The molecule has 2 N–H and O–H groups in total. The summed E-state index contributed by atoms with van der Waals surface area (Å²) in [6.07, 6.45) is 4.08. The summed E-state index contributed by atoms with van der Waals surface area (Å²) in [7, 11) is 3.22. The Morgan fingerprint density at radius 2 is 2.21 bits per heavy atom. The second-order valence-electron chi connectivity index (χ2n) is 7.90. The maximum absolute atomic E-state index is 11.9. The van der Waals surface area contributed by atoms with E-state index in [9.17, 15) is 9.90 Å². The largest absolute Gasteiger partial charge is 0.504 e. The van der Waals surface area contributed by atoms with Crippen LogP contribution in [-0.2, 0) is 16.0 Å². The third-order valence-corrected chi connectivity index (χ3v) is 7.24. The predicted octanol–water partition coefficient (Wildman–Crippen LogP) is 4.50. The van der Waals surface area contributed by atoms with Crippen molar-refractivity contribution in [3.8, 4) is 5.75 Å². The molecule has 1 aromatic carbocycles. The van der Waals surface area contributed by atoms with Gasteiger partial charge in [0.15, 0.2) is 0 Å². The van der Waals surface area contributed by atoms with E-state index in [1.165, 1.54) is 24.6 Å². The third kappa shape index (κ3) is 3.34. The summed E-state index contributed by atoms with van der Waals surface area (Å²) in [6.45, 7) is 4.01. The Kier molecular flexibility index (Phi) is 5.62. The number of piperidine rings is 1. The van der Waals surface area contributed by atoms with Gasteiger partial charge in [0.2, 0.25) is 0 Å². The number of nitrogens with zero attached hydrogens (tertiary/aromatic N) is 1. The number of rotatable bonds is 5. The van der Waals surface area contributed by atoms with E-state index in [1.54, 1.807) is 7.11 Å². The minimum absolute atomic E-state index is 0.0404. The van der Waals surface area contributed by atoms with Gasteiger partial charge in [-0.3, -0.25) is 4.90 Å². The Labute approximate surface area is 179 Å². The quantitative estimate of drug-likeness (QED) is 0.505. The van der Waals surface area contributed by atoms with Crippen LogP contribution in [0, 0.1) is 11.8 Å². The lowest BCUT2D eigenvalue weighted by molar-refractivity contribution is -0.134. The molecule has 6 nitrogen and oxygen atoms in total. The number of fused-ring (bicyclic) bond motifs is 5. The van der Waals surface area contributed by atoms with Gasteiger partial charge in [0.1, 0.15) is 5.75 Å². The van der Waals surface area contributed by atoms with Crippen LogP contribution in [0.25, 0.3) is 10.9 Å². The molecular weight excluding hydrogens is 436 g/mol. The van der Waals surface area contributed by atoms with Crippen LogP contribution in [0.3, 0.4) is 0 Å². The summed E-state index contributed by atoms with van der Waals surface area (Å²) < 4.78 is 11.8. The summed E-state index contributed by atoms with van der Waals surface area (Å²) >= 11 is 3.67. The summed E-state index contributed by atoms with van der Waals surface area (Å²) in [6, 6.07) is 4.16. The number of aromatic nitrogens is 1. The van der Waals surface area contributed by atoms with E-state index in [1.807, 2.05) is 12.1 Å². The first kappa shape index (κ1) is 20.3. The maximum Gasteiger partial charge on any atom is 0.334 e. The van der Waals surface area contributed by atoms with Crippen molar-refractivity contribution >= 4 is 32.8 Å². The van der Waals surface area contributed by atoms with E-state index >= 15 is 0 Å². The molecule has 4 rings (SSSR count). The van der Waals surface area contributed by atoms with Gasteiger partial charge in [-0.05, 0) is 58.3 Å². The van der Waals surface area contributed by atoms with Gasteiger partial charge in [-0.2, -0.15) is 0 Å². The van der Waals surface area contributed by atoms with Crippen molar-refractivity contribution in [3.63, 3.8) is 0 Å². The lowest BCUT2D eigenvalue weighted by atomic mass is 9.74. The van der Waals surface area contributed by atoms with Crippen LogP contribution in [0.15, 0.2) is 28.4 Å². The number of hydrogen-bond donors (Lipinski definition) is 2. The van der Waals surface area contributed by atoms with Crippen LogP contribution in [0.5, 0.6) is 5.75 Å². The molecule has 3 atom stereocenters. The van der Waals surface area contributed by atoms with Crippen molar-refractivity contribution in [2.45, 2.75) is 32.2 Å². The monoisotopic (exact) mass is 462 g/mol. The van der Waals surface area contributed by atoms with Crippen LogP contribution < -0.4 is 4.74 Å². The van der Waals surface area contributed by atoms with Crippen molar-refractivity contribution in [3.05, 3.63) is 39.7 Å². The van der Waals surface area contributed by atoms with Crippen molar-refractivity contribution < 1.29 is 19.4 Å². The van der Waals surface area contributed by atoms with Gasteiger partial charge in [0.05, 0.1) is 37.6 Å². The Hall–Kier alpha value is -1.99. The molecule has 2 aromatic rings. The third-order valence-electron chi connectivity index (χ3n) is 6.58. The number of carboxylic acid groups (broad SMARTS) is 1. The molecule has 3 heterocycles. The van der Waals surface area contributed by atoms with E-state index in [0.717, 1.165) is 53.5 Å². The zero-order valence-electron chi connectivity index (χ0n) is 17.0. The fourth-order valence-electron chi connectivity index (χ4n) is 5.20. The van der Waals surface area contributed by atoms with Crippen molar-refractivity contribution in [2.24, 2.45) is 11.8 Å². The van der Waals surface area contributed by atoms with Gasteiger partial charge >= 0.3 is 5.97 Å². The standard InChI is InChI=1S/C22H27BrN2O4/c1-4-12-10-25-8-7-13-19-18(29-3)6-5-16(23)21(19)24-20(13)17(25)9-14(12)15(11-28-2)22(26)27/h5-6,11-12,14,17,24H,4,7-10H2,1-3H3,(H,26,27)/t12-,14+,17?/m1/s1. The summed E-state index contributed by atoms with van der Waals surface area (Å²) in [5.41, 5.74) is 3.91. The van der Waals surface area contributed by atoms with Gasteiger partial charge in [0.25, 0.3) is 0 Å². The number of methoxy groups -OCH3 is 2. The number of carbonyl (C=O) groups is 1. The van der Waals surface area contributed by atoms with Crippen LogP contribution in [0.2, 0.25) is 0 Å². The topological polar surface area (TPSA) is 74.8 Å². The normalized spacial score (nSPS) is 24.8. The number of aromatic amines is 1. The minimum atomic E-state index is -0.888. The van der Waals surface area contributed by atoms with Gasteiger partial charge < -0.3 is 19.6 Å². The minimum Gasteiger partial charge on any atom is -0.504 e. The zero-order valence-corrected chi connectivity index (χ0v) is 18.6. The number of nitrogens with one attached hydrogen (secondary N) is 1. The molecule has 1 saturated heterocycles. The highest BCUT2D eigenvalue weighted by Gasteiger charge is 2.42. The van der Waals surface area contributed by atoms with Gasteiger partial charge in [-0.15, -0.1) is 0 Å². The molecule has 1 unspecified atom stereocenters. The highest BCUT2D eigenvalue weighted by molar-refractivity contribution is 9.10. The number of benzene rings is 1. The average Bonchev–Trinajstić information content (AvgIpc) is 3.12. The molecule has 1 fully saturated rings. The molecule has 2 aliphatic heterocycles. The van der Waals surface area contributed by atoms with E-state index in [0.29, 0.717) is 11.5 Å². The number of carboxylic acids is 1. The molecule has 2 aliphatic rings. The lowest BCUT2D eigenvalue weighted by Gasteiger charge is -2.46. The van der Waals surface area contributed by atoms with Crippen molar-refractivity contribution in [1.29, 1.82) is 0 Å². The lowest BCUT2D eigenvalue weighted by Crippen LogP contribution is -2.46. The van der Waals surface area contributed by atoms with Gasteiger partial charge in [0, 0.05) is 28.6 Å². The van der Waals surface area contributed by atoms with E-state index in [4.69, 9.17) is 9.47 Å². The Balaban J connectivity index is 1.80. The summed E-state index contributed by atoms with van der Waals surface area (Å²) in [5, 5.41) is 10.9. The first-order valence-corrected chi connectivity index (χ1v) is 10.9. The second-order valence-corrected chi connectivity index (χ2v) is 8.76. The van der Waals surface area contributed by atoms with Gasteiger partial charge in [-0.25, -0.2) is 4.79 Å². The Morgan fingerprint density at radius 3 is 2.86 bits per heavy atom. The number of hydrogen-bond acceptors (Lipinski definition) is 4. The molecule has 0 bridgehead atoms. The molecule has 156 valence electrons. The molecule has 1 aromatic heterocycles. The Bertz CT molecular complexity index is 967. The number of ether oxygens (including phenoxy) is 2. The van der Waals surface area contributed by atoms with E-state index in [2.05, 4.69) is 32.7 Å². The van der Waals surface area contributed by atoms with Crippen LogP contribution in [-0.4, -0.2) is 48.3 Å².